The largest absolute Gasteiger partial charge is 0.394 e. The standard InChI is InChI=1S/C5H11N3O4/c6-4(11)8-5(12)7-1-3(10)2-9/h3,9-10H,1-2H2,(H4,6,7,8,11,12). The van der Waals surface area contributed by atoms with Gasteiger partial charge in [0.1, 0.15) is 0 Å². The van der Waals surface area contributed by atoms with Crippen molar-refractivity contribution in [3.8, 4) is 0 Å². The Morgan fingerprint density at radius 3 is 2.50 bits per heavy atom. The first-order valence-electron chi connectivity index (χ1n) is 3.19. The average molecular weight is 177 g/mol. The third kappa shape index (κ3) is 5.45. The number of primary amides is 1. The lowest BCUT2D eigenvalue weighted by molar-refractivity contribution is 0.0960. The number of urea groups is 2. The van der Waals surface area contributed by atoms with Crippen LogP contribution in [0.1, 0.15) is 0 Å². The van der Waals surface area contributed by atoms with E-state index in [2.05, 4.69) is 11.1 Å². The van der Waals surface area contributed by atoms with Crippen LogP contribution in [0.3, 0.4) is 0 Å². The third-order valence-electron chi connectivity index (χ3n) is 0.946. The molecule has 0 aromatic heterocycles. The molecule has 7 nitrogen and oxygen atoms in total. The minimum Gasteiger partial charge on any atom is -0.394 e. The molecule has 12 heavy (non-hydrogen) atoms. The highest BCUT2D eigenvalue weighted by Crippen LogP contribution is 1.76. The van der Waals surface area contributed by atoms with Crippen molar-refractivity contribution >= 4 is 12.1 Å². The van der Waals surface area contributed by atoms with E-state index < -0.39 is 24.8 Å². The van der Waals surface area contributed by atoms with Crippen LogP contribution in [0, 0.1) is 0 Å². The first-order valence-corrected chi connectivity index (χ1v) is 3.19. The van der Waals surface area contributed by atoms with Gasteiger partial charge in [-0.3, -0.25) is 5.32 Å². The summed E-state index contributed by atoms with van der Waals surface area (Å²) in [7, 11) is 0. The Hall–Kier alpha value is -1.34. The van der Waals surface area contributed by atoms with Crippen molar-refractivity contribution in [2.24, 2.45) is 5.73 Å². The molecule has 0 saturated heterocycles. The summed E-state index contributed by atoms with van der Waals surface area (Å²) < 4.78 is 0. The molecule has 0 aromatic rings. The van der Waals surface area contributed by atoms with Crippen molar-refractivity contribution in [1.82, 2.24) is 10.6 Å². The van der Waals surface area contributed by atoms with Crippen LogP contribution in [0.15, 0.2) is 0 Å². The molecule has 0 heterocycles. The van der Waals surface area contributed by atoms with E-state index in [-0.39, 0.29) is 6.54 Å². The van der Waals surface area contributed by atoms with Crippen LogP contribution in [0.5, 0.6) is 0 Å². The van der Waals surface area contributed by atoms with E-state index in [1.807, 2.05) is 0 Å². The lowest BCUT2D eigenvalue weighted by Gasteiger charge is -2.07. The zero-order valence-electron chi connectivity index (χ0n) is 6.28. The van der Waals surface area contributed by atoms with Gasteiger partial charge in [-0.1, -0.05) is 0 Å². The summed E-state index contributed by atoms with van der Waals surface area (Å²) in [5.74, 6) is 0. The van der Waals surface area contributed by atoms with E-state index in [1.54, 1.807) is 5.32 Å². The molecule has 0 saturated carbocycles. The molecule has 0 aliphatic heterocycles. The van der Waals surface area contributed by atoms with Gasteiger partial charge < -0.3 is 21.3 Å². The van der Waals surface area contributed by atoms with Crippen LogP contribution in [0.4, 0.5) is 9.59 Å². The normalized spacial score (nSPS) is 11.8. The first-order chi connectivity index (χ1) is 5.56. The molecule has 7 heteroatoms. The molecule has 1 atom stereocenters. The second-order valence-corrected chi connectivity index (χ2v) is 2.04. The summed E-state index contributed by atoms with van der Waals surface area (Å²) >= 11 is 0. The Labute approximate surface area is 68.6 Å². The van der Waals surface area contributed by atoms with E-state index in [9.17, 15) is 9.59 Å². The lowest BCUT2D eigenvalue weighted by atomic mass is 10.4. The molecule has 0 bridgehead atoms. The van der Waals surface area contributed by atoms with Gasteiger partial charge in [0, 0.05) is 6.54 Å². The molecule has 0 rings (SSSR count). The SMILES string of the molecule is NC(=O)NC(=O)NCC(O)CO. The maximum Gasteiger partial charge on any atom is 0.322 e. The number of nitrogens with one attached hydrogen (secondary N) is 2. The van der Waals surface area contributed by atoms with Gasteiger partial charge in [0.2, 0.25) is 0 Å². The van der Waals surface area contributed by atoms with Gasteiger partial charge in [-0.15, -0.1) is 0 Å². The monoisotopic (exact) mass is 177 g/mol. The van der Waals surface area contributed by atoms with Crippen molar-refractivity contribution in [2.45, 2.75) is 6.10 Å². The predicted molar refractivity (Wildman–Crippen MR) is 39.2 cm³/mol. The van der Waals surface area contributed by atoms with Crippen LogP contribution in [0.2, 0.25) is 0 Å². The third-order valence-corrected chi connectivity index (χ3v) is 0.946. The van der Waals surface area contributed by atoms with Crippen LogP contribution >= 0.6 is 0 Å². The summed E-state index contributed by atoms with van der Waals surface area (Å²) in [6, 6.07) is -1.79. The maximum absolute atomic E-state index is 10.6. The fourth-order valence-corrected chi connectivity index (χ4v) is 0.431. The van der Waals surface area contributed by atoms with E-state index in [0.29, 0.717) is 0 Å². The van der Waals surface area contributed by atoms with Crippen LogP contribution < -0.4 is 16.4 Å². The molecule has 0 fully saturated rings. The number of amides is 4. The number of hydrogen-bond donors (Lipinski definition) is 5. The molecule has 0 radical (unpaired) electrons. The van der Waals surface area contributed by atoms with Crippen LogP contribution in [0.25, 0.3) is 0 Å². The van der Waals surface area contributed by atoms with Gasteiger partial charge in [-0.25, -0.2) is 9.59 Å². The molecule has 70 valence electrons. The molecule has 0 aliphatic rings. The van der Waals surface area contributed by atoms with Crippen LogP contribution in [-0.4, -0.2) is 41.5 Å². The summed E-state index contributed by atoms with van der Waals surface area (Å²) in [4.78, 5) is 20.6. The Bertz CT molecular complexity index is 172. The minimum absolute atomic E-state index is 0.143. The Kier molecular flexibility index (Phi) is 4.73. The number of imide groups is 1. The van der Waals surface area contributed by atoms with Crippen molar-refractivity contribution in [1.29, 1.82) is 0 Å². The molecular formula is C5H11N3O4. The lowest BCUT2D eigenvalue weighted by Crippen LogP contribution is -2.45. The second kappa shape index (κ2) is 5.33. The van der Waals surface area contributed by atoms with E-state index in [1.165, 1.54) is 0 Å². The summed E-state index contributed by atoms with van der Waals surface area (Å²) in [6.07, 6.45) is -1.04. The quantitative estimate of drug-likeness (QED) is 0.333. The average Bonchev–Trinajstić information content (AvgIpc) is 1.99. The maximum atomic E-state index is 10.6. The van der Waals surface area contributed by atoms with Gasteiger partial charge in [-0.2, -0.15) is 0 Å². The number of carbonyl (C=O) groups excluding carboxylic acids is 2. The fraction of sp³-hybridized carbons (Fsp3) is 0.600. The fourth-order valence-electron chi connectivity index (χ4n) is 0.431. The van der Waals surface area contributed by atoms with Gasteiger partial charge in [0.15, 0.2) is 0 Å². The predicted octanol–water partition coefficient (Wildman–Crippen LogP) is -2.28. The van der Waals surface area contributed by atoms with E-state index >= 15 is 0 Å². The van der Waals surface area contributed by atoms with Gasteiger partial charge in [0.05, 0.1) is 12.7 Å². The zero-order valence-corrected chi connectivity index (χ0v) is 6.28. The van der Waals surface area contributed by atoms with Crippen molar-refractivity contribution < 1.29 is 19.8 Å². The zero-order chi connectivity index (χ0) is 9.56. The number of aliphatic hydroxyl groups is 2. The number of aliphatic hydroxyl groups excluding tert-OH is 2. The number of hydrogen-bond acceptors (Lipinski definition) is 4. The van der Waals surface area contributed by atoms with Crippen molar-refractivity contribution in [3.05, 3.63) is 0 Å². The van der Waals surface area contributed by atoms with E-state index in [4.69, 9.17) is 10.2 Å². The molecule has 0 spiro atoms. The van der Waals surface area contributed by atoms with Gasteiger partial charge in [0.25, 0.3) is 0 Å². The van der Waals surface area contributed by atoms with Crippen molar-refractivity contribution in [2.75, 3.05) is 13.2 Å². The number of rotatable bonds is 3. The molecule has 6 N–H and O–H groups in total. The Morgan fingerprint density at radius 1 is 1.50 bits per heavy atom. The van der Waals surface area contributed by atoms with Crippen molar-refractivity contribution in [3.63, 3.8) is 0 Å². The molecular weight excluding hydrogens is 166 g/mol. The summed E-state index contributed by atoms with van der Waals surface area (Å²) in [6.45, 7) is -0.605. The highest BCUT2D eigenvalue weighted by Gasteiger charge is 2.05. The van der Waals surface area contributed by atoms with Gasteiger partial charge >= 0.3 is 12.1 Å². The summed E-state index contributed by atoms with van der Waals surface area (Å²) in [5, 5.41) is 20.9. The molecule has 0 aliphatic carbocycles. The first kappa shape index (κ1) is 10.7. The summed E-state index contributed by atoms with van der Waals surface area (Å²) in [5.41, 5.74) is 4.61. The number of carbonyl (C=O) groups is 2. The second-order valence-electron chi connectivity index (χ2n) is 2.04. The Balaban J connectivity index is 3.50. The minimum atomic E-state index is -1.04. The smallest absolute Gasteiger partial charge is 0.322 e. The van der Waals surface area contributed by atoms with Gasteiger partial charge in [-0.05, 0) is 0 Å². The van der Waals surface area contributed by atoms with Crippen LogP contribution in [-0.2, 0) is 0 Å². The number of nitrogens with two attached hydrogens (primary N) is 1. The molecule has 4 amide bonds. The molecule has 1 unspecified atom stereocenters. The highest BCUT2D eigenvalue weighted by atomic mass is 16.3. The topological polar surface area (TPSA) is 125 Å². The van der Waals surface area contributed by atoms with E-state index in [0.717, 1.165) is 0 Å². The Morgan fingerprint density at radius 2 is 2.08 bits per heavy atom. The molecule has 0 aromatic carbocycles. The highest BCUT2D eigenvalue weighted by molar-refractivity contribution is 5.92.